The second-order valence-corrected chi connectivity index (χ2v) is 8.60. The van der Waals surface area contributed by atoms with Gasteiger partial charge in [0.05, 0.1) is 5.69 Å². The normalized spacial score (nSPS) is 16.5. The molecule has 2 aliphatic rings. The molecule has 3 heterocycles. The van der Waals surface area contributed by atoms with E-state index in [9.17, 15) is 9.59 Å². The van der Waals surface area contributed by atoms with Gasteiger partial charge in [-0.25, -0.2) is 4.98 Å². The topological polar surface area (TPSA) is 80.8 Å². The lowest BCUT2D eigenvalue weighted by Crippen LogP contribution is -2.43. The summed E-state index contributed by atoms with van der Waals surface area (Å²) in [6.07, 6.45) is 2.24. The van der Waals surface area contributed by atoms with Crippen molar-refractivity contribution in [2.45, 2.75) is 25.3 Å². The van der Waals surface area contributed by atoms with Crippen LogP contribution in [0.3, 0.4) is 0 Å². The van der Waals surface area contributed by atoms with Crippen LogP contribution in [0, 0.1) is 0 Å². The van der Waals surface area contributed by atoms with Gasteiger partial charge in [-0.15, -0.1) is 11.3 Å². The molecule has 2 aromatic carbocycles. The van der Waals surface area contributed by atoms with Gasteiger partial charge in [0.1, 0.15) is 19.3 Å². The fourth-order valence-electron chi connectivity index (χ4n) is 4.05. The van der Waals surface area contributed by atoms with Crippen LogP contribution in [0.15, 0.2) is 53.9 Å². The number of aromatic nitrogens is 1. The Morgan fingerprint density at radius 2 is 1.88 bits per heavy atom. The number of hydrogen-bond acceptors (Lipinski definition) is 6. The van der Waals surface area contributed by atoms with E-state index in [1.54, 1.807) is 4.90 Å². The van der Waals surface area contributed by atoms with Crippen molar-refractivity contribution in [2.75, 3.05) is 25.1 Å². The molecule has 1 aromatic heterocycles. The molecule has 0 spiro atoms. The van der Waals surface area contributed by atoms with E-state index in [-0.39, 0.29) is 11.8 Å². The quantitative estimate of drug-likeness (QED) is 0.629. The first-order valence-electron chi connectivity index (χ1n) is 10.7. The van der Waals surface area contributed by atoms with Gasteiger partial charge >= 0.3 is 0 Å². The van der Waals surface area contributed by atoms with Gasteiger partial charge in [0.15, 0.2) is 16.6 Å². The number of hydrogen-bond donors (Lipinski definition) is 1. The smallest absolute Gasteiger partial charge is 0.253 e. The van der Waals surface area contributed by atoms with Crippen LogP contribution in [0.4, 0.5) is 5.13 Å². The molecule has 1 unspecified atom stereocenters. The third-order valence-corrected chi connectivity index (χ3v) is 6.37. The molecule has 0 saturated carbocycles. The maximum Gasteiger partial charge on any atom is 0.253 e. The lowest BCUT2D eigenvalue weighted by atomic mass is 10.0. The van der Waals surface area contributed by atoms with Crippen LogP contribution in [0.1, 0.15) is 30.9 Å². The SMILES string of the molecule is O=C(Nc1nc(-c2ccc3c(c2)OCCO3)cs1)C(c1ccccc1)N1CCCCC1=O. The van der Waals surface area contributed by atoms with Gasteiger partial charge in [-0.2, -0.15) is 0 Å². The highest BCUT2D eigenvalue weighted by Crippen LogP contribution is 2.36. The molecule has 7 nitrogen and oxygen atoms in total. The van der Waals surface area contributed by atoms with Crippen molar-refractivity contribution in [3.8, 4) is 22.8 Å². The number of nitrogens with zero attached hydrogens (tertiary/aromatic N) is 2. The van der Waals surface area contributed by atoms with Gasteiger partial charge in [-0.1, -0.05) is 30.3 Å². The maximum atomic E-state index is 13.3. The number of rotatable bonds is 5. The number of anilines is 1. The van der Waals surface area contributed by atoms with E-state index < -0.39 is 6.04 Å². The van der Waals surface area contributed by atoms with Gasteiger partial charge in [0, 0.05) is 23.9 Å². The Morgan fingerprint density at radius 3 is 2.69 bits per heavy atom. The highest BCUT2D eigenvalue weighted by molar-refractivity contribution is 7.14. The summed E-state index contributed by atoms with van der Waals surface area (Å²) in [5, 5.41) is 5.31. The van der Waals surface area contributed by atoms with Gasteiger partial charge in [0.2, 0.25) is 5.91 Å². The predicted octanol–water partition coefficient (Wildman–Crippen LogP) is 4.27. The molecule has 0 bridgehead atoms. The van der Waals surface area contributed by atoms with Crippen LogP contribution in [0.5, 0.6) is 11.5 Å². The molecular formula is C24H23N3O4S. The van der Waals surface area contributed by atoms with Crippen LogP contribution in [0.25, 0.3) is 11.3 Å². The average molecular weight is 450 g/mol. The fourth-order valence-corrected chi connectivity index (χ4v) is 4.77. The molecule has 0 radical (unpaired) electrons. The molecule has 2 aliphatic heterocycles. The minimum absolute atomic E-state index is 0.0105. The fraction of sp³-hybridized carbons (Fsp3) is 0.292. The first kappa shape index (κ1) is 20.5. The Morgan fingerprint density at radius 1 is 1.06 bits per heavy atom. The summed E-state index contributed by atoms with van der Waals surface area (Å²) in [5.74, 6) is 1.17. The van der Waals surface area contributed by atoms with E-state index in [1.165, 1.54) is 11.3 Å². The van der Waals surface area contributed by atoms with E-state index in [2.05, 4.69) is 10.3 Å². The third kappa shape index (κ3) is 4.18. The molecule has 32 heavy (non-hydrogen) atoms. The van der Waals surface area contributed by atoms with Crippen LogP contribution in [-0.2, 0) is 9.59 Å². The van der Waals surface area contributed by atoms with Crippen molar-refractivity contribution in [3.63, 3.8) is 0 Å². The van der Waals surface area contributed by atoms with Crippen LogP contribution < -0.4 is 14.8 Å². The largest absolute Gasteiger partial charge is 0.486 e. The van der Waals surface area contributed by atoms with Gasteiger partial charge < -0.3 is 14.4 Å². The number of thiazole rings is 1. The molecular weight excluding hydrogens is 426 g/mol. The number of carbonyl (C=O) groups is 2. The predicted molar refractivity (Wildman–Crippen MR) is 122 cm³/mol. The van der Waals surface area contributed by atoms with Crippen molar-refractivity contribution >= 4 is 28.3 Å². The first-order chi connectivity index (χ1) is 15.7. The number of carbonyl (C=O) groups excluding carboxylic acids is 2. The van der Waals surface area contributed by atoms with Gasteiger partial charge in [-0.05, 0) is 36.6 Å². The minimum atomic E-state index is -0.675. The van der Waals surface area contributed by atoms with Crippen molar-refractivity contribution in [1.82, 2.24) is 9.88 Å². The Bertz CT molecular complexity index is 1130. The Labute approximate surface area is 190 Å². The van der Waals surface area contributed by atoms with E-state index in [1.807, 2.05) is 53.9 Å². The van der Waals surface area contributed by atoms with Crippen molar-refractivity contribution in [2.24, 2.45) is 0 Å². The van der Waals surface area contributed by atoms with E-state index >= 15 is 0 Å². The summed E-state index contributed by atoms with van der Waals surface area (Å²) >= 11 is 1.35. The molecule has 5 rings (SSSR count). The summed E-state index contributed by atoms with van der Waals surface area (Å²) < 4.78 is 11.2. The maximum absolute atomic E-state index is 13.3. The second kappa shape index (κ2) is 9.00. The summed E-state index contributed by atoms with van der Waals surface area (Å²) in [4.78, 5) is 32.2. The zero-order valence-corrected chi connectivity index (χ0v) is 18.3. The summed E-state index contributed by atoms with van der Waals surface area (Å²) in [6, 6.07) is 14.4. The van der Waals surface area contributed by atoms with Gasteiger partial charge in [0.25, 0.3) is 5.91 Å². The van der Waals surface area contributed by atoms with Crippen molar-refractivity contribution in [3.05, 3.63) is 59.5 Å². The molecule has 164 valence electrons. The number of likely N-dealkylation sites (tertiary alicyclic amines) is 1. The third-order valence-electron chi connectivity index (χ3n) is 5.61. The van der Waals surface area contributed by atoms with Crippen molar-refractivity contribution < 1.29 is 19.1 Å². The summed E-state index contributed by atoms with van der Waals surface area (Å²) in [7, 11) is 0. The molecule has 1 fully saturated rings. The summed E-state index contributed by atoms with van der Waals surface area (Å²) in [5.41, 5.74) is 2.42. The molecule has 0 aliphatic carbocycles. The first-order valence-corrected chi connectivity index (χ1v) is 11.6. The Balaban J connectivity index is 1.37. The van der Waals surface area contributed by atoms with E-state index in [0.29, 0.717) is 37.1 Å². The number of benzene rings is 2. The highest BCUT2D eigenvalue weighted by atomic mass is 32.1. The number of fused-ring (bicyclic) bond motifs is 1. The van der Waals surface area contributed by atoms with Crippen LogP contribution in [-0.4, -0.2) is 41.5 Å². The van der Waals surface area contributed by atoms with Crippen LogP contribution in [0.2, 0.25) is 0 Å². The van der Waals surface area contributed by atoms with Gasteiger partial charge in [-0.3, -0.25) is 14.9 Å². The number of piperidine rings is 1. The van der Waals surface area contributed by atoms with Crippen molar-refractivity contribution in [1.29, 1.82) is 0 Å². The number of amides is 2. The lowest BCUT2D eigenvalue weighted by Gasteiger charge is -2.33. The molecule has 8 heteroatoms. The monoisotopic (exact) mass is 449 g/mol. The number of nitrogens with one attached hydrogen (secondary N) is 1. The number of ether oxygens (including phenoxy) is 2. The van der Waals surface area contributed by atoms with Crippen LogP contribution >= 0.6 is 11.3 Å². The second-order valence-electron chi connectivity index (χ2n) is 7.74. The zero-order valence-electron chi connectivity index (χ0n) is 17.5. The summed E-state index contributed by atoms with van der Waals surface area (Å²) in [6.45, 7) is 1.64. The minimum Gasteiger partial charge on any atom is -0.486 e. The van der Waals surface area contributed by atoms with E-state index in [0.717, 1.165) is 35.4 Å². The average Bonchev–Trinajstić information content (AvgIpc) is 3.29. The molecule has 1 saturated heterocycles. The van der Waals surface area contributed by atoms with E-state index in [4.69, 9.17) is 9.47 Å². The lowest BCUT2D eigenvalue weighted by molar-refractivity contribution is -0.141. The molecule has 2 amide bonds. The standard InChI is InChI=1S/C24H23N3O4S/c28-21-8-4-5-11-27(21)22(16-6-2-1-3-7-16)23(29)26-24-25-18(15-32-24)17-9-10-19-20(14-17)31-13-12-30-19/h1-3,6-7,9-10,14-15,22H,4-5,8,11-13H2,(H,25,26,29). The highest BCUT2D eigenvalue weighted by Gasteiger charge is 2.33. The molecule has 1 atom stereocenters. The zero-order chi connectivity index (χ0) is 21.9. The Hall–Kier alpha value is -3.39. The Kier molecular flexibility index (Phi) is 5.77. The molecule has 1 N–H and O–H groups in total. The molecule has 3 aromatic rings.